The number of rotatable bonds is 7. The normalized spacial score (nSPS) is 13.0. The van der Waals surface area contributed by atoms with E-state index >= 15 is 0 Å². The van der Waals surface area contributed by atoms with Crippen LogP contribution < -0.4 is 16.0 Å². The Morgan fingerprint density at radius 2 is 1.18 bits per heavy atom. The lowest BCUT2D eigenvalue weighted by Crippen LogP contribution is -2.35. The number of carbonyl (C=O) groups is 4. The van der Waals surface area contributed by atoms with Crippen LogP contribution in [0.5, 0.6) is 0 Å². The summed E-state index contributed by atoms with van der Waals surface area (Å²) in [5.41, 5.74) is 3.72. The molecule has 0 bridgehead atoms. The molecule has 0 spiro atoms. The number of anilines is 2. The maximum atomic E-state index is 12.8. The van der Waals surface area contributed by atoms with Gasteiger partial charge in [-0.1, -0.05) is 30.3 Å². The van der Waals surface area contributed by atoms with Crippen molar-refractivity contribution in [3.05, 3.63) is 101 Å². The van der Waals surface area contributed by atoms with Crippen LogP contribution in [0, 0.1) is 0 Å². The lowest BCUT2D eigenvalue weighted by Gasteiger charge is -2.24. The molecule has 0 atom stereocenters. The molecule has 0 aromatic heterocycles. The summed E-state index contributed by atoms with van der Waals surface area (Å²) in [6, 6.07) is 20.9. The van der Waals surface area contributed by atoms with Crippen LogP contribution in [0.15, 0.2) is 78.9 Å². The van der Waals surface area contributed by atoms with Crippen molar-refractivity contribution in [1.82, 2.24) is 10.2 Å². The van der Waals surface area contributed by atoms with Gasteiger partial charge in [-0.25, -0.2) is 9.59 Å². The first-order valence-corrected chi connectivity index (χ1v) is 14.7. The van der Waals surface area contributed by atoms with Gasteiger partial charge in [0.25, 0.3) is 11.8 Å². The molecule has 0 fully saturated rings. The Kier molecular flexibility index (Phi) is 9.96. The van der Waals surface area contributed by atoms with Gasteiger partial charge in [0.05, 0.1) is 0 Å². The van der Waals surface area contributed by atoms with Gasteiger partial charge < -0.3 is 30.3 Å². The quantitative estimate of drug-likeness (QED) is 0.268. The molecule has 236 valence electrons. The minimum atomic E-state index is -0.573. The van der Waals surface area contributed by atoms with E-state index in [1.807, 2.05) is 51.1 Å². The minimum Gasteiger partial charge on any atom is -0.444 e. The highest BCUT2D eigenvalue weighted by molar-refractivity contribution is 6.07. The predicted octanol–water partition coefficient (Wildman–Crippen LogP) is 6.85. The largest absolute Gasteiger partial charge is 0.444 e. The molecule has 0 radical (unpaired) electrons. The monoisotopic (exact) mass is 612 g/mol. The van der Waals surface area contributed by atoms with Crippen LogP contribution in [0.25, 0.3) is 5.57 Å². The average molecular weight is 613 g/mol. The molecule has 1 heterocycles. The van der Waals surface area contributed by atoms with Gasteiger partial charge in [0.15, 0.2) is 0 Å². The SMILES string of the molecule is CC(C)(C)OC(=O)NCc1ccc(NC(=O)c2ccc(C(=O)Nc3ccc(C4=CCN(C(=O)OC(C)(C)C)C4)cc3)cc2)cc1. The highest BCUT2D eigenvalue weighted by atomic mass is 16.6. The standard InChI is InChI=1S/C35H40N4O6/c1-34(2,3)44-32(42)36-21-23-7-15-28(16-8-23)37-30(40)25-9-11-26(12-10-25)31(41)38-29-17-13-24(14-18-29)27-19-20-39(22-27)33(43)45-35(4,5)6/h7-19H,20-22H2,1-6H3,(H,36,42)(H,37,40)(H,38,41). The van der Waals surface area contributed by atoms with E-state index in [1.54, 1.807) is 74.2 Å². The van der Waals surface area contributed by atoms with E-state index in [-0.39, 0.29) is 17.9 Å². The summed E-state index contributed by atoms with van der Waals surface area (Å²) in [5, 5.41) is 8.40. The second-order valence-corrected chi connectivity index (χ2v) is 12.7. The van der Waals surface area contributed by atoms with Crippen molar-refractivity contribution in [3.8, 4) is 0 Å². The molecule has 3 aromatic carbocycles. The van der Waals surface area contributed by atoms with Crippen molar-refractivity contribution in [2.45, 2.75) is 59.3 Å². The Morgan fingerprint density at radius 3 is 1.67 bits per heavy atom. The molecule has 4 rings (SSSR count). The number of nitrogens with one attached hydrogen (secondary N) is 3. The molecule has 0 aliphatic carbocycles. The van der Waals surface area contributed by atoms with E-state index in [2.05, 4.69) is 16.0 Å². The minimum absolute atomic E-state index is 0.295. The van der Waals surface area contributed by atoms with Crippen molar-refractivity contribution in [3.63, 3.8) is 0 Å². The third-order valence-electron chi connectivity index (χ3n) is 6.54. The third kappa shape index (κ3) is 9.96. The molecule has 1 aliphatic heterocycles. The van der Waals surface area contributed by atoms with Crippen LogP contribution in [-0.4, -0.2) is 53.2 Å². The number of ether oxygens (including phenoxy) is 2. The zero-order valence-electron chi connectivity index (χ0n) is 26.5. The van der Waals surface area contributed by atoms with Crippen LogP contribution in [-0.2, 0) is 16.0 Å². The highest BCUT2D eigenvalue weighted by Crippen LogP contribution is 2.24. The maximum Gasteiger partial charge on any atom is 0.410 e. The van der Waals surface area contributed by atoms with Gasteiger partial charge in [0, 0.05) is 42.1 Å². The van der Waals surface area contributed by atoms with E-state index in [0.29, 0.717) is 42.1 Å². The van der Waals surface area contributed by atoms with Gasteiger partial charge in [-0.3, -0.25) is 9.59 Å². The van der Waals surface area contributed by atoms with E-state index in [1.165, 1.54) is 0 Å². The maximum absolute atomic E-state index is 12.8. The Bertz CT molecular complexity index is 1560. The number of nitrogens with zero attached hydrogens (tertiary/aromatic N) is 1. The van der Waals surface area contributed by atoms with Gasteiger partial charge in [-0.05, 0) is 107 Å². The summed E-state index contributed by atoms with van der Waals surface area (Å²) in [6.45, 7) is 12.2. The van der Waals surface area contributed by atoms with Crippen molar-refractivity contribution < 1.29 is 28.7 Å². The third-order valence-corrected chi connectivity index (χ3v) is 6.54. The second-order valence-electron chi connectivity index (χ2n) is 12.7. The topological polar surface area (TPSA) is 126 Å². The number of hydrogen-bond acceptors (Lipinski definition) is 6. The Hall–Kier alpha value is -5.12. The summed E-state index contributed by atoms with van der Waals surface area (Å²) in [6.07, 6.45) is 1.15. The lowest BCUT2D eigenvalue weighted by atomic mass is 10.1. The molecular weight excluding hydrogens is 572 g/mol. The van der Waals surface area contributed by atoms with Crippen molar-refractivity contribution >= 4 is 40.9 Å². The molecule has 4 amide bonds. The first-order valence-electron chi connectivity index (χ1n) is 14.7. The van der Waals surface area contributed by atoms with Gasteiger partial charge in [-0.15, -0.1) is 0 Å². The molecule has 3 N–H and O–H groups in total. The summed E-state index contributed by atoms with van der Waals surface area (Å²) in [7, 11) is 0. The number of amides is 4. The van der Waals surface area contributed by atoms with Crippen molar-refractivity contribution in [2.24, 2.45) is 0 Å². The van der Waals surface area contributed by atoms with Crippen LogP contribution in [0.2, 0.25) is 0 Å². The van der Waals surface area contributed by atoms with Crippen LogP contribution in [0.4, 0.5) is 21.0 Å². The first-order chi connectivity index (χ1) is 21.1. The van der Waals surface area contributed by atoms with Crippen LogP contribution in [0.1, 0.15) is 73.4 Å². The smallest absolute Gasteiger partial charge is 0.410 e. The summed E-state index contributed by atoms with van der Waals surface area (Å²) >= 11 is 0. The molecule has 0 saturated heterocycles. The van der Waals surface area contributed by atoms with E-state index < -0.39 is 17.3 Å². The highest BCUT2D eigenvalue weighted by Gasteiger charge is 2.25. The number of alkyl carbamates (subject to hydrolysis) is 1. The van der Waals surface area contributed by atoms with Gasteiger partial charge in [0.1, 0.15) is 11.2 Å². The molecular formula is C35H40N4O6. The molecule has 1 aliphatic rings. The van der Waals surface area contributed by atoms with Crippen LogP contribution >= 0.6 is 0 Å². The molecule has 10 heteroatoms. The Morgan fingerprint density at radius 1 is 0.689 bits per heavy atom. The van der Waals surface area contributed by atoms with E-state index in [0.717, 1.165) is 16.7 Å². The second kappa shape index (κ2) is 13.7. The molecule has 45 heavy (non-hydrogen) atoms. The molecule has 10 nitrogen and oxygen atoms in total. The summed E-state index contributed by atoms with van der Waals surface area (Å²) in [4.78, 5) is 51.4. The number of carbonyl (C=O) groups excluding carboxylic acids is 4. The predicted molar refractivity (Wildman–Crippen MR) is 174 cm³/mol. The lowest BCUT2D eigenvalue weighted by molar-refractivity contribution is 0.0305. The summed E-state index contributed by atoms with van der Waals surface area (Å²) < 4.78 is 10.7. The summed E-state index contributed by atoms with van der Waals surface area (Å²) in [5.74, 6) is -0.620. The van der Waals surface area contributed by atoms with Crippen LogP contribution in [0.3, 0.4) is 0 Å². The van der Waals surface area contributed by atoms with E-state index in [4.69, 9.17) is 9.47 Å². The Balaban J connectivity index is 1.25. The first kappa shape index (κ1) is 32.8. The van der Waals surface area contributed by atoms with Crippen molar-refractivity contribution in [1.29, 1.82) is 0 Å². The fourth-order valence-electron chi connectivity index (χ4n) is 4.37. The average Bonchev–Trinajstić information content (AvgIpc) is 3.46. The number of benzene rings is 3. The molecule has 0 unspecified atom stereocenters. The fourth-order valence-corrected chi connectivity index (χ4v) is 4.37. The van der Waals surface area contributed by atoms with E-state index in [9.17, 15) is 19.2 Å². The van der Waals surface area contributed by atoms with Crippen molar-refractivity contribution in [2.75, 3.05) is 23.7 Å². The fraction of sp³-hybridized carbons (Fsp3) is 0.314. The zero-order chi connectivity index (χ0) is 32.8. The molecule has 0 saturated carbocycles. The van der Waals surface area contributed by atoms with Gasteiger partial charge in [-0.2, -0.15) is 0 Å². The zero-order valence-corrected chi connectivity index (χ0v) is 26.5. The molecule has 3 aromatic rings. The Labute approximate surface area is 263 Å². The van der Waals surface area contributed by atoms with Gasteiger partial charge in [0.2, 0.25) is 0 Å². The number of hydrogen-bond donors (Lipinski definition) is 3. The van der Waals surface area contributed by atoms with Gasteiger partial charge >= 0.3 is 12.2 Å².